The molecular weight excluding hydrogens is 536 g/mol. The van der Waals surface area contributed by atoms with Gasteiger partial charge in [-0.15, -0.1) is 0 Å². The lowest BCUT2D eigenvalue weighted by Crippen LogP contribution is -2.29. The number of rotatable bonds is 10. The van der Waals surface area contributed by atoms with E-state index < -0.39 is 12.1 Å². The zero-order valence-electron chi connectivity index (χ0n) is 24.2. The molecule has 2 N–H and O–H groups in total. The largest absolute Gasteiger partial charge is 0.478 e. The number of benzene rings is 3. The van der Waals surface area contributed by atoms with Crippen LogP contribution in [0.5, 0.6) is 5.75 Å². The Hall–Kier alpha value is -3.77. The summed E-state index contributed by atoms with van der Waals surface area (Å²) in [5.41, 5.74) is 7.12. The van der Waals surface area contributed by atoms with E-state index >= 15 is 0 Å². The average Bonchev–Trinajstić information content (AvgIpc) is 3.76. The zero-order chi connectivity index (χ0) is 29.4. The summed E-state index contributed by atoms with van der Waals surface area (Å²) in [5, 5.41) is 14.2. The average molecular weight is 573 g/mol. The standard InChI is InChI=1S/C34H37ClN2O4/c1-19(2)25-7-6-8-26(16-25)21(4)36-33(38)27-12-14-30-28(17-27)20(3)22(5)37(30)18-23-9-13-29(35)31(15-23)41-32(34(39)40)24-10-11-24/h6-9,12-17,19,21,24,32H,10-11,18H2,1-5H3,(H,36,38)(H,39,40)/t21-,32-/m0/s1. The van der Waals surface area contributed by atoms with Crippen LogP contribution in [0.25, 0.3) is 10.9 Å². The van der Waals surface area contributed by atoms with E-state index in [1.165, 1.54) is 5.56 Å². The van der Waals surface area contributed by atoms with Gasteiger partial charge in [0.1, 0.15) is 5.75 Å². The van der Waals surface area contributed by atoms with Crippen molar-refractivity contribution in [1.82, 2.24) is 9.88 Å². The topological polar surface area (TPSA) is 80.6 Å². The Labute approximate surface area is 246 Å². The summed E-state index contributed by atoms with van der Waals surface area (Å²) in [6, 6.07) is 19.6. The Balaban J connectivity index is 1.37. The lowest BCUT2D eigenvalue weighted by molar-refractivity contribution is -0.146. The number of nitrogens with one attached hydrogen (secondary N) is 1. The van der Waals surface area contributed by atoms with E-state index in [1.54, 1.807) is 6.07 Å². The van der Waals surface area contributed by atoms with E-state index in [0.29, 0.717) is 28.8 Å². The van der Waals surface area contributed by atoms with Crippen LogP contribution in [-0.4, -0.2) is 27.7 Å². The molecule has 3 aromatic carbocycles. The van der Waals surface area contributed by atoms with Gasteiger partial charge in [-0.2, -0.15) is 0 Å². The molecule has 5 rings (SSSR count). The van der Waals surface area contributed by atoms with Gasteiger partial charge in [0.25, 0.3) is 5.91 Å². The number of carboxylic acid groups (broad SMARTS) is 1. The van der Waals surface area contributed by atoms with Gasteiger partial charge in [-0.3, -0.25) is 4.79 Å². The molecule has 1 amide bonds. The van der Waals surface area contributed by atoms with Crippen molar-refractivity contribution in [3.8, 4) is 5.75 Å². The molecule has 7 heteroatoms. The summed E-state index contributed by atoms with van der Waals surface area (Å²) in [4.78, 5) is 25.0. The van der Waals surface area contributed by atoms with Crippen LogP contribution in [0.2, 0.25) is 5.02 Å². The highest BCUT2D eigenvalue weighted by molar-refractivity contribution is 6.32. The molecule has 0 unspecified atom stereocenters. The van der Waals surface area contributed by atoms with Crippen molar-refractivity contribution in [2.24, 2.45) is 5.92 Å². The molecule has 1 aliphatic carbocycles. The molecule has 1 fully saturated rings. The first-order valence-corrected chi connectivity index (χ1v) is 14.6. The number of aryl methyl sites for hydroxylation is 1. The highest BCUT2D eigenvalue weighted by Gasteiger charge is 2.38. The van der Waals surface area contributed by atoms with Crippen molar-refractivity contribution in [3.05, 3.63) is 99.2 Å². The zero-order valence-corrected chi connectivity index (χ0v) is 25.0. The number of carbonyl (C=O) groups is 2. The quantitative estimate of drug-likeness (QED) is 0.203. The van der Waals surface area contributed by atoms with Gasteiger partial charge in [-0.25, -0.2) is 4.79 Å². The Morgan fingerprint density at radius 1 is 1.02 bits per heavy atom. The number of aromatic nitrogens is 1. The molecule has 0 radical (unpaired) electrons. The highest BCUT2D eigenvalue weighted by Crippen LogP contribution is 2.37. The van der Waals surface area contributed by atoms with Crippen molar-refractivity contribution in [1.29, 1.82) is 0 Å². The Morgan fingerprint density at radius 2 is 1.76 bits per heavy atom. The van der Waals surface area contributed by atoms with E-state index in [4.69, 9.17) is 16.3 Å². The normalized spacial score (nSPS) is 14.7. The van der Waals surface area contributed by atoms with Crippen molar-refractivity contribution < 1.29 is 19.4 Å². The lowest BCUT2D eigenvalue weighted by atomic mass is 9.98. The van der Waals surface area contributed by atoms with Crippen molar-refractivity contribution in [2.75, 3.05) is 0 Å². The molecule has 0 bridgehead atoms. The third-order valence-electron chi connectivity index (χ3n) is 8.21. The van der Waals surface area contributed by atoms with Gasteiger partial charge >= 0.3 is 5.97 Å². The predicted molar refractivity (Wildman–Crippen MR) is 163 cm³/mol. The first kappa shape index (κ1) is 28.7. The summed E-state index contributed by atoms with van der Waals surface area (Å²) < 4.78 is 8.07. The number of hydrogen-bond donors (Lipinski definition) is 2. The summed E-state index contributed by atoms with van der Waals surface area (Å²) in [7, 11) is 0. The summed E-state index contributed by atoms with van der Waals surface area (Å²) in [5.74, 6) is -0.226. The minimum atomic E-state index is -0.963. The molecule has 4 aromatic rings. The second kappa shape index (κ2) is 11.6. The maximum atomic E-state index is 13.3. The first-order chi connectivity index (χ1) is 19.5. The van der Waals surface area contributed by atoms with Crippen molar-refractivity contribution >= 4 is 34.4 Å². The summed E-state index contributed by atoms with van der Waals surface area (Å²) >= 11 is 6.38. The number of fused-ring (bicyclic) bond motifs is 1. The number of halogens is 1. The van der Waals surface area contributed by atoms with Gasteiger partial charge in [-0.05, 0) is 92.1 Å². The van der Waals surface area contributed by atoms with E-state index in [0.717, 1.165) is 46.1 Å². The Morgan fingerprint density at radius 3 is 2.44 bits per heavy atom. The van der Waals surface area contributed by atoms with Crippen LogP contribution in [0.1, 0.15) is 83.9 Å². The van der Waals surface area contributed by atoms with Gasteiger partial charge in [0.15, 0.2) is 6.10 Å². The maximum absolute atomic E-state index is 13.3. The van der Waals surface area contributed by atoms with Crippen LogP contribution in [0, 0.1) is 19.8 Å². The third-order valence-corrected chi connectivity index (χ3v) is 8.52. The molecule has 2 atom stereocenters. The summed E-state index contributed by atoms with van der Waals surface area (Å²) in [6.07, 6.45) is 0.823. The van der Waals surface area contributed by atoms with Gasteiger partial charge in [0.2, 0.25) is 0 Å². The fourth-order valence-corrected chi connectivity index (χ4v) is 5.51. The number of ether oxygens (including phenoxy) is 1. The van der Waals surface area contributed by atoms with E-state index in [-0.39, 0.29) is 17.9 Å². The Bertz CT molecular complexity index is 1620. The van der Waals surface area contributed by atoms with Crippen LogP contribution >= 0.6 is 11.6 Å². The number of nitrogens with zero attached hydrogens (tertiary/aromatic N) is 1. The molecular formula is C34H37ClN2O4. The van der Waals surface area contributed by atoms with Crippen LogP contribution in [0.4, 0.5) is 0 Å². The number of aliphatic carboxylic acids is 1. The monoisotopic (exact) mass is 572 g/mol. The van der Waals surface area contributed by atoms with Gasteiger partial charge in [0, 0.05) is 34.6 Å². The van der Waals surface area contributed by atoms with Crippen LogP contribution in [-0.2, 0) is 11.3 Å². The van der Waals surface area contributed by atoms with Crippen LogP contribution in [0.15, 0.2) is 60.7 Å². The first-order valence-electron chi connectivity index (χ1n) is 14.2. The second-order valence-electron chi connectivity index (χ2n) is 11.5. The second-order valence-corrected chi connectivity index (χ2v) is 11.9. The molecule has 1 aromatic heterocycles. The molecule has 214 valence electrons. The molecule has 1 saturated carbocycles. The molecule has 0 aliphatic heterocycles. The lowest BCUT2D eigenvalue weighted by Gasteiger charge is -2.17. The van der Waals surface area contributed by atoms with Crippen molar-refractivity contribution in [2.45, 2.75) is 72.1 Å². The number of hydrogen-bond acceptors (Lipinski definition) is 3. The van der Waals surface area contributed by atoms with E-state index in [2.05, 4.69) is 55.8 Å². The molecule has 41 heavy (non-hydrogen) atoms. The fraction of sp³-hybridized carbons (Fsp3) is 0.353. The SMILES string of the molecule is Cc1c(C)n(Cc2ccc(Cl)c(O[C@H](C(=O)O)C3CC3)c2)c2ccc(C(=O)N[C@@H](C)c3cccc(C(C)C)c3)cc12. The van der Waals surface area contributed by atoms with Crippen molar-refractivity contribution in [3.63, 3.8) is 0 Å². The molecule has 6 nitrogen and oxygen atoms in total. The van der Waals surface area contributed by atoms with Gasteiger partial charge < -0.3 is 19.7 Å². The highest BCUT2D eigenvalue weighted by atomic mass is 35.5. The fourth-order valence-electron chi connectivity index (χ4n) is 5.35. The molecule has 0 spiro atoms. The molecule has 0 saturated heterocycles. The maximum Gasteiger partial charge on any atom is 0.345 e. The summed E-state index contributed by atoms with van der Waals surface area (Å²) in [6.45, 7) is 11.0. The predicted octanol–water partition coefficient (Wildman–Crippen LogP) is 7.82. The van der Waals surface area contributed by atoms with Crippen LogP contribution in [0.3, 0.4) is 0 Å². The van der Waals surface area contributed by atoms with Crippen LogP contribution < -0.4 is 10.1 Å². The molecule has 1 aliphatic rings. The van der Waals surface area contributed by atoms with E-state index in [1.807, 2.05) is 43.3 Å². The Kier molecular flexibility index (Phi) is 8.14. The van der Waals surface area contributed by atoms with Gasteiger partial charge in [0.05, 0.1) is 11.1 Å². The smallest absolute Gasteiger partial charge is 0.345 e. The van der Waals surface area contributed by atoms with E-state index in [9.17, 15) is 14.7 Å². The minimum absolute atomic E-state index is 0.0325. The van der Waals surface area contributed by atoms with Gasteiger partial charge in [-0.1, -0.05) is 55.8 Å². The number of carbonyl (C=O) groups excluding carboxylic acids is 1. The number of amides is 1. The minimum Gasteiger partial charge on any atom is -0.478 e. The molecule has 1 heterocycles. The third kappa shape index (κ3) is 6.13. The number of carboxylic acids is 1.